The summed E-state index contributed by atoms with van der Waals surface area (Å²) in [6, 6.07) is 20.1. The van der Waals surface area contributed by atoms with Crippen molar-refractivity contribution in [1.82, 2.24) is 24.9 Å². The zero-order chi connectivity index (χ0) is 21.0. The first-order chi connectivity index (χ1) is 15.2. The van der Waals surface area contributed by atoms with E-state index in [0.717, 1.165) is 44.7 Å². The van der Waals surface area contributed by atoms with E-state index in [-0.39, 0.29) is 0 Å². The smallest absolute Gasteiger partial charge is 0.223 e. The van der Waals surface area contributed by atoms with Gasteiger partial charge in [-0.1, -0.05) is 18.2 Å². The Balaban J connectivity index is 1.30. The highest BCUT2D eigenvalue weighted by Crippen LogP contribution is 2.23. The zero-order valence-electron chi connectivity index (χ0n) is 17.0. The Kier molecular flexibility index (Phi) is 5.02. The number of nitrogens with one attached hydrogen (secondary N) is 1. The summed E-state index contributed by atoms with van der Waals surface area (Å²) < 4.78 is 0. The molecule has 1 N–H and O–H groups in total. The van der Waals surface area contributed by atoms with Gasteiger partial charge in [0, 0.05) is 53.5 Å². The van der Waals surface area contributed by atoms with Crippen LogP contribution in [0.15, 0.2) is 85.5 Å². The Morgan fingerprint density at radius 3 is 2.52 bits per heavy atom. The largest absolute Gasteiger partial charge is 0.350 e. The van der Waals surface area contributed by atoms with Crippen molar-refractivity contribution in [2.45, 2.75) is 13.5 Å². The molecule has 0 aliphatic heterocycles. The molecule has 0 radical (unpaired) electrons. The third-order valence-corrected chi connectivity index (χ3v) is 5.02. The molecule has 0 amide bonds. The van der Waals surface area contributed by atoms with Crippen molar-refractivity contribution in [3.8, 4) is 22.5 Å². The lowest BCUT2D eigenvalue weighted by Gasteiger charge is -2.08. The van der Waals surface area contributed by atoms with Gasteiger partial charge < -0.3 is 5.32 Å². The number of hydrogen-bond donors (Lipinski definition) is 1. The number of aromatic nitrogens is 5. The first-order valence-corrected chi connectivity index (χ1v) is 10.0. The van der Waals surface area contributed by atoms with Crippen LogP contribution < -0.4 is 5.32 Å². The van der Waals surface area contributed by atoms with Crippen molar-refractivity contribution >= 4 is 16.9 Å². The van der Waals surface area contributed by atoms with Gasteiger partial charge in [0.15, 0.2) is 0 Å². The number of aryl methyl sites for hydroxylation is 1. The average Bonchev–Trinajstić information content (AvgIpc) is 2.83. The molecular formula is C25H20N6. The second-order valence-electron chi connectivity index (χ2n) is 7.27. The van der Waals surface area contributed by atoms with E-state index in [0.29, 0.717) is 12.5 Å². The fourth-order valence-electron chi connectivity index (χ4n) is 3.43. The molecule has 0 atom stereocenters. The van der Waals surface area contributed by atoms with Gasteiger partial charge in [0.05, 0.1) is 16.9 Å². The van der Waals surface area contributed by atoms with E-state index in [1.54, 1.807) is 18.6 Å². The molecule has 0 fully saturated rings. The van der Waals surface area contributed by atoms with E-state index in [4.69, 9.17) is 0 Å². The highest BCUT2D eigenvalue weighted by molar-refractivity contribution is 5.83. The summed E-state index contributed by atoms with van der Waals surface area (Å²) in [6.45, 7) is 2.57. The lowest BCUT2D eigenvalue weighted by atomic mass is 10.1. The SMILES string of the molecule is Cc1cc(-c2ccc(CNc3nccc(-c4ccc5ncccc5c4)n3)cn2)ccn1. The van der Waals surface area contributed by atoms with Gasteiger partial charge >= 0.3 is 0 Å². The minimum atomic E-state index is 0.581. The van der Waals surface area contributed by atoms with Gasteiger partial charge in [-0.15, -0.1) is 0 Å². The summed E-state index contributed by atoms with van der Waals surface area (Å²) >= 11 is 0. The fraction of sp³-hybridized carbons (Fsp3) is 0.0800. The van der Waals surface area contributed by atoms with Crippen LogP contribution in [0.4, 0.5) is 5.95 Å². The highest BCUT2D eigenvalue weighted by atomic mass is 15.1. The van der Waals surface area contributed by atoms with Gasteiger partial charge in [-0.3, -0.25) is 15.0 Å². The quantitative estimate of drug-likeness (QED) is 0.441. The first kappa shape index (κ1) is 18.8. The molecule has 0 aliphatic rings. The van der Waals surface area contributed by atoms with Crippen LogP contribution in [-0.4, -0.2) is 24.9 Å². The van der Waals surface area contributed by atoms with Crippen LogP contribution >= 0.6 is 0 Å². The summed E-state index contributed by atoms with van der Waals surface area (Å²) in [6.07, 6.45) is 7.25. The van der Waals surface area contributed by atoms with E-state index >= 15 is 0 Å². The van der Waals surface area contributed by atoms with Crippen molar-refractivity contribution in [3.05, 3.63) is 96.7 Å². The number of rotatable bonds is 5. The molecule has 5 rings (SSSR count). The molecule has 150 valence electrons. The minimum Gasteiger partial charge on any atom is -0.350 e. The van der Waals surface area contributed by atoms with Gasteiger partial charge in [0.2, 0.25) is 5.95 Å². The van der Waals surface area contributed by atoms with Gasteiger partial charge in [-0.25, -0.2) is 9.97 Å². The maximum atomic E-state index is 4.67. The van der Waals surface area contributed by atoms with E-state index in [1.807, 2.05) is 55.6 Å². The van der Waals surface area contributed by atoms with Crippen LogP contribution in [0.3, 0.4) is 0 Å². The van der Waals surface area contributed by atoms with Gasteiger partial charge in [-0.2, -0.15) is 0 Å². The van der Waals surface area contributed by atoms with E-state index < -0.39 is 0 Å². The fourth-order valence-corrected chi connectivity index (χ4v) is 3.43. The summed E-state index contributed by atoms with van der Waals surface area (Å²) in [5.74, 6) is 0.581. The first-order valence-electron chi connectivity index (χ1n) is 10.0. The van der Waals surface area contributed by atoms with Crippen molar-refractivity contribution < 1.29 is 0 Å². The number of hydrogen-bond acceptors (Lipinski definition) is 6. The molecule has 6 nitrogen and oxygen atoms in total. The van der Waals surface area contributed by atoms with Gasteiger partial charge in [-0.05, 0) is 55.0 Å². The molecule has 4 aromatic heterocycles. The molecule has 1 aromatic carbocycles. The molecule has 4 heterocycles. The van der Waals surface area contributed by atoms with Crippen LogP contribution in [0, 0.1) is 6.92 Å². The molecule has 6 heteroatoms. The molecule has 0 saturated heterocycles. The third-order valence-electron chi connectivity index (χ3n) is 5.02. The topological polar surface area (TPSA) is 76.5 Å². The standard InChI is InChI=1S/C25H20N6/c1-17-13-21(8-11-26-17)23-6-4-18(15-29-23)16-30-25-28-12-9-24(31-25)20-5-7-22-19(14-20)3-2-10-27-22/h2-15H,16H2,1H3,(H,28,30,31). The maximum absolute atomic E-state index is 4.67. The Hall–Kier alpha value is -4.19. The normalized spacial score (nSPS) is 10.9. The summed E-state index contributed by atoms with van der Waals surface area (Å²) in [7, 11) is 0. The number of nitrogens with zero attached hydrogens (tertiary/aromatic N) is 5. The van der Waals surface area contributed by atoms with Crippen molar-refractivity contribution in [1.29, 1.82) is 0 Å². The molecule has 0 bridgehead atoms. The summed E-state index contributed by atoms with van der Waals surface area (Å²) in [5, 5.41) is 4.38. The highest BCUT2D eigenvalue weighted by Gasteiger charge is 2.05. The van der Waals surface area contributed by atoms with Gasteiger partial charge in [0.25, 0.3) is 0 Å². The van der Waals surface area contributed by atoms with Crippen molar-refractivity contribution in [3.63, 3.8) is 0 Å². The maximum Gasteiger partial charge on any atom is 0.223 e. The molecule has 0 saturated carbocycles. The number of anilines is 1. The Morgan fingerprint density at radius 2 is 1.65 bits per heavy atom. The molecule has 0 aliphatic carbocycles. The Morgan fingerprint density at radius 1 is 0.742 bits per heavy atom. The van der Waals surface area contributed by atoms with Crippen molar-refractivity contribution in [2.24, 2.45) is 0 Å². The lowest BCUT2D eigenvalue weighted by molar-refractivity contribution is 1.04. The number of benzene rings is 1. The van der Waals surface area contributed by atoms with Crippen molar-refractivity contribution in [2.75, 3.05) is 5.32 Å². The van der Waals surface area contributed by atoms with E-state index in [9.17, 15) is 0 Å². The van der Waals surface area contributed by atoms with Crippen LogP contribution in [0.5, 0.6) is 0 Å². The summed E-state index contributed by atoms with van der Waals surface area (Å²) in [5.41, 5.74) is 6.89. The third kappa shape index (κ3) is 4.23. The predicted molar refractivity (Wildman–Crippen MR) is 122 cm³/mol. The molecule has 0 spiro atoms. The predicted octanol–water partition coefficient (Wildman–Crippen LogP) is 5.07. The molecule has 31 heavy (non-hydrogen) atoms. The van der Waals surface area contributed by atoms with E-state index in [2.05, 4.69) is 48.4 Å². The van der Waals surface area contributed by atoms with E-state index in [1.165, 1.54) is 0 Å². The molecule has 0 unspecified atom stereocenters. The summed E-state index contributed by atoms with van der Waals surface area (Å²) in [4.78, 5) is 22.2. The molecule has 5 aromatic rings. The lowest BCUT2D eigenvalue weighted by Crippen LogP contribution is -2.04. The Labute approximate surface area is 180 Å². The minimum absolute atomic E-state index is 0.581. The zero-order valence-corrected chi connectivity index (χ0v) is 17.0. The van der Waals surface area contributed by atoms with Crippen LogP contribution in [0.2, 0.25) is 0 Å². The number of pyridine rings is 3. The van der Waals surface area contributed by atoms with Crippen LogP contribution in [0.1, 0.15) is 11.3 Å². The second kappa shape index (κ2) is 8.28. The average molecular weight is 404 g/mol. The Bertz CT molecular complexity index is 1350. The van der Waals surface area contributed by atoms with Crippen LogP contribution in [0.25, 0.3) is 33.4 Å². The second-order valence-corrected chi connectivity index (χ2v) is 7.27. The number of fused-ring (bicyclic) bond motifs is 1. The van der Waals surface area contributed by atoms with Gasteiger partial charge in [0.1, 0.15) is 0 Å². The monoisotopic (exact) mass is 404 g/mol. The van der Waals surface area contributed by atoms with Crippen LogP contribution in [-0.2, 0) is 6.54 Å². The molecular weight excluding hydrogens is 384 g/mol.